The molecule has 1 aliphatic rings. The van der Waals surface area contributed by atoms with E-state index in [1.54, 1.807) is 54.2 Å². The van der Waals surface area contributed by atoms with Gasteiger partial charge >= 0.3 is 0 Å². The summed E-state index contributed by atoms with van der Waals surface area (Å²) in [5, 5.41) is 4.09. The van der Waals surface area contributed by atoms with Crippen LogP contribution in [0.3, 0.4) is 0 Å². The number of ether oxygens (including phenoxy) is 2. The molecule has 0 aliphatic carbocycles. The molecule has 9 heteroatoms. The maximum absolute atomic E-state index is 13.6. The van der Waals surface area contributed by atoms with Gasteiger partial charge in [-0.2, -0.15) is 0 Å². The van der Waals surface area contributed by atoms with Crippen molar-refractivity contribution in [2.75, 3.05) is 33.3 Å². The predicted octanol–water partition coefficient (Wildman–Crippen LogP) is 3.90. The molecule has 0 saturated heterocycles. The minimum Gasteiger partial charge on any atom is -0.488 e. The van der Waals surface area contributed by atoms with E-state index in [2.05, 4.69) is 10.1 Å². The maximum Gasteiger partial charge on any atom is 0.259 e. The van der Waals surface area contributed by atoms with Gasteiger partial charge in [-0.15, -0.1) is 0 Å². The smallest absolute Gasteiger partial charge is 0.259 e. The van der Waals surface area contributed by atoms with Gasteiger partial charge in [0.2, 0.25) is 5.88 Å². The Morgan fingerprint density at radius 3 is 2.59 bits per heavy atom. The van der Waals surface area contributed by atoms with E-state index in [1.807, 2.05) is 26.0 Å². The van der Waals surface area contributed by atoms with Gasteiger partial charge < -0.3 is 23.8 Å². The Morgan fingerprint density at radius 2 is 1.82 bits per heavy atom. The Labute approximate surface area is 198 Å². The predicted molar refractivity (Wildman–Crippen MR) is 124 cm³/mol. The van der Waals surface area contributed by atoms with Gasteiger partial charge in [0.05, 0.1) is 12.2 Å². The van der Waals surface area contributed by atoms with Gasteiger partial charge in [-0.1, -0.05) is 31.1 Å². The number of fused-ring (bicyclic) bond motifs is 2. The molecule has 3 aromatic rings. The van der Waals surface area contributed by atoms with Crippen molar-refractivity contribution >= 4 is 11.8 Å². The highest BCUT2D eigenvalue weighted by atomic mass is 16.5. The second-order valence-corrected chi connectivity index (χ2v) is 8.43. The molecule has 0 saturated carbocycles. The van der Waals surface area contributed by atoms with Crippen molar-refractivity contribution in [1.29, 1.82) is 0 Å². The molecule has 3 heterocycles. The van der Waals surface area contributed by atoms with Gasteiger partial charge in [0.15, 0.2) is 11.5 Å². The molecule has 0 atom stereocenters. The van der Waals surface area contributed by atoms with Crippen LogP contribution in [-0.4, -0.2) is 65.0 Å². The molecule has 0 spiro atoms. The summed E-state index contributed by atoms with van der Waals surface area (Å²) in [7, 11) is 1.69. The van der Waals surface area contributed by atoms with Crippen LogP contribution in [0.25, 0.3) is 0 Å². The third-order valence-electron chi connectivity index (χ3n) is 5.67. The lowest BCUT2D eigenvalue weighted by molar-refractivity contribution is 0.0667. The fourth-order valence-electron chi connectivity index (χ4n) is 3.75. The van der Waals surface area contributed by atoms with Crippen LogP contribution >= 0.6 is 0 Å². The molecular weight excluding hydrogens is 436 g/mol. The molecule has 0 bridgehead atoms. The SMILES string of the molecule is Cc1onc(C(C)C)c1C(=O)N1CCOc2ccccc2Oc2ncccc2C(=O)N(C)CC1. The van der Waals surface area contributed by atoms with Crippen LogP contribution < -0.4 is 9.47 Å². The first-order chi connectivity index (χ1) is 16.4. The molecular formula is C25H28N4O5. The number of benzene rings is 1. The average Bonchev–Trinajstić information content (AvgIpc) is 3.23. The standard InChI is InChI=1S/C25H28N4O5/c1-16(2)22-21(17(3)34-27-22)25(31)29-13-12-28(4)24(30)18-8-7-11-26-23(18)33-20-10-6-5-9-19(20)32-15-14-29/h5-11,16H,12-15H2,1-4H3. The molecule has 2 aromatic heterocycles. The van der Waals surface area contributed by atoms with Crippen LogP contribution in [0.4, 0.5) is 0 Å². The fraction of sp³-hybridized carbons (Fsp3) is 0.360. The van der Waals surface area contributed by atoms with Gasteiger partial charge in [0.25, 0.3) is 11.8 Å². The van der Waals surface area contributed by atoms with Gasteiger partial charge in [-0.3, -0.25) is 9.59 Å². The quantitative estimate of drug-likeness (QED) is 0.567. The molecule has 1 aliphatic heterocycles. The lowest BCUT2D eigenvalue weighted by Gasteiger charge is -2.26. The number of hydrogen-bond donors (Lipinski definition) is 0. The van der Waals surface area contributed by atoms with E-state index in [4.69, 9.17) is 14.0 Å². The van der Waals surface area contributed by atoms with Crippen LogP contribution in [-0.2, 0) is 0 Å². The van der Waals surface area contributed by atoms with Crippen LogP contribution in [0.2, 0.25) is 0 Å². The molecule has 4 rings (SSSR count). The fourth-order valence-corrected chi connectivity index (χ4v) is 3.75. The van der Waals surface area contributed by atoms with Crippen molar-refractivity contribution < 1.29 is 23.6 Å². The van der Waals surface area contributed by atoms with E-state index < -0.39 is 0 Å². The monoisotopic (exact) mass is 464 g/mol. The number of rotatable bonds is 2. The van der Waals surface area contributed by atoms with Crippen molar-refractivity contribution in [2.24, 2.45) is 0 Å². The van der Waals surface area contributed by atoms with E-state index >= 15 is 0 Å². The minimum atomic E-state index is -0.253. The number of likely N-dealkylation sites (N-methyl/N-ethyl adjacent to an activating group) is 1. The first-order valence-corrected chi connectivity index (χ1v) is 11.2. The third kappa shape index (κ3) is 4.73. The second-order valence-electron chi connectivity index (χ2n) is 8.43. The molecule has 0 fully saturated rings. The lowest BCUT2D eigenvalue weighted by atomic mass is 10.0. The van der Waals surface area contributed by atoms with Crippen LogP contribution in [0.1, 0.15) is 51.9 Å². The normalized spacial score (nSPS) is 14.8. The number of nitrogens with zero attached hydrogens (tertiary/aromatic N) is 4. The van der Waals surface area contributed by atoms with Crippen molar-refractivity contribution in [3.05, 3.63) is 65.2 Å². The van der Waals surface area contributed by atoms with Crippen LogP contribution in [0, 0.1) is 6.92 Å². The first kappa shape index (κ1) is 23.3. The molecule has 178 valence electrons. The molecule has 9 nitrogen and oxygen atoms in total. The van der Waals surface area contributed by atoms with Crippen LogP contribution in [0.5, 0.6) is 17.4 Å². The topological polar surface area (TPSA) is 98.0 Å². The molecule has 2 amide bonds. The average molecular weight is 465 g/mol. The van der Waals surface area contributed by atoms with E-state index in [-0.39, 0.29) is 30.2 Å². The zero-order valence-corrected chi connectivity index (χ0v) is 19.8. The summed E-state index contributed by atoms with van der Waals surface area (Å²) < 4.78 is 17.3. The Kier molecular flexibility index (Phi) is 6.81. The number of pyridine rings is 1. The number of aromatic nitrogens is 2. The van der Waals surface area contributed by atoms with Gasteiger partial charge in [-0.05, 0) is 37.1 Å². The zero-order chi connectivity index (χ0) is 24.2. The molecule has 0 radical (unpaired) electrons. The van der Waals surface area contributed by atoms with Gasteiger partial charge in [0, 0.05) is 26.3 Å². The highest BCUT2D eigenvalue weighted by Crippen LogP contribution is 2.32. The third-order valence-corrected chi connectivity index (χ3v) is 5.67. The second kappa shape index (κ2) is 9.94. The summed E-state index contributed by atoms with van der Waals surface area (Å²) in [6.45, 7) is 6.83. The minimum absolute atomic E-state index is 0.0286. The Bertz CT molecular complexity index is 1190. The number of amides is 2. The van der Waals surface area contributed by atoms with Crippen molar-refractivity contribution in [1.82, 2.24) is 19.9 Å². The Morgan fingerprint density at radius 1 is 1.06 bits per heavy atom. The summed E-state index contributed by atoms with van der Waals surface area (Å²) in [6, 6.07) is 10.5. The van der Waals surface area contributed by atoms with Gasteiger partial charge in [-0.25, -0.2) is 4.98 Å². The van der Waals surface area contributed by atoms with E-state index in [0.717, 1.165) is 0 Å². The summed E-state index contributed by atoms with van der Waals surface area (Å²) in [6.07, 6.45) is 1.57. The molecule has 0 N–H and O–H groups in total. The highest BCUT2D eigenvalue weighted by Gasteiger charge is 2.28. The number of aryl methyl sites for hydroxylation is 1. The Balaban J connectivity index is 1.68. The molecule has 0 unspecified atom stereocenters. The summed E-state index contributed by atoms with van der Waals surface area (Å²) in [5.41, 5.74) is 1.41. The number of carbonyl (C=O) groups is 2. The largest absolute Gasteiger partial charge is 0.488 e. The van der Waals surface area contributed by atoms with Gasteiger partial charge in [0.1, 0.15) is 23.5 Å². The number of hydrogen-bond acceptors (Lipinski definition) is 7. The summed E-state index contributed by atoms with van der Waals surface area (Å²) in [4.78, 5) is 34.2. The summed E-state index contributed by atoms with van der Waals surface area (Å²) in [5.74, 6) is 1.18. The van der Waals surface area contributed by atoms with E-state index in [0.29, 0.717) is 53.7 Å². The van der Waals surface area contributed by atoms with Crippen molar-refractivity contribution in [3.63, 3.8) is 0 Å². The number of para-hydroxylation sites is 2. The maximum atomic E-state index is 13.6. The lowest BCUT2D eigenvalue weighted by Crippen LogP contribution is -2.41. The van der Waals surface area contributed by atoms with Crippen molar-refractivity contribution in [3.8, 4) is 17.4 Å². The zero-order valence-electron chi connectivity index (χ0n) is 19.8. The van der Waals surface area contributed by atoms with Crippen LogP contribution in [0.15, 0.2) is 47.1 Å². The number of carbonyl (C=O) groups excluding carboxylic acids is 2. The first-order valence-electron chi connectivity index (χ1n) is 11.2. The van der Waals surface area contributed by atoms with Crippen molar-refractivity contribution in [2.45, 2.75) is 26.7 Å². The molecule has 1 aromatic carbocycles. The van der Waals surface area contributed by atoms with E-state index in [9.17, 15) is 9.59 Å². The van der Waals surface area contributed by atoms with E-state index in [1.165, 1.54) is 0 Å². The summed E-state index contributed by atoms with van der Waals surface area (Å²) >= 11 is 0. The highest BCUT2D eigenvalue weighted by molar-refractivity contribution is 5.97. The molecule has 34 heavy (non-hydrogen) atoms. The Hall–Kier alpha value is -3.88.